The molecule has 3 aromatic rings. The summed E-state index contributed by atoms with van der Waals surface area (Å²) in [7, 11) is 1.67. The summed E-state index contributed by atoms with van der Waals surface area (Å²) in [5.74, 6) is -0.365. The van der Waals surface area contributed by atoms with E-state index in [-0.39, 0.29) is 23.1 Å². The minimum absolute atomic E-state index is 0.184. The minimum atomic E-state index is -0.365. The Bertz CT molecular complexity index is 988. The van der Waals surface area contributed by atoms with Gasteiger partial charge < -0.3 is 9.88 Å². The fourth-order valence-corrected chi connectivity index (χ4v) is 2.86. The van der Waals surface area contributed by atoms with E-state index in [0.717, 1.165) is 16.9 Å². The van der Waals surface area contributed by atoms with Crippen LogP contribution in [0.3, 0.4) is 0 Å². The average Bonchev–Trinajstić information content (AvgIpc) is 3.14. The van der Waals surface area contributed by atoms with Crippen LogP contribution in [0.25, 0.3) is 5.69 Å². The Hall–Kier alpha value is -3.22. The van der Waals surface area contributed by atoms with Gasteiger partial charge in [0.1, 0.15) is 18.2 Å². The van der Waals surface area contributed by atoms with Crippen LogP contribution >= 0.6 is 0 Å². The Labute approximate surface area is 151 Å². The number of benzene rings is 1. The molecule has 0 bridgehead atoms. The Morgan fingerprint density at radius 1 is 1.19 bits per heavy atom. The quantitative estimate of drug-likeness (QED) is 0.780. The van der Waals surface area contributed by atoms with E-state index in [4.69, 9.17) is 0 Å². The number of aryl methyl sites for hydroxylation is 2. The molecule has 2 heterocycles. The number of pyridine rings is 1. The zero-order valence-electron chi connectivity index (χ0n) is 15.2. The number of carbonyl (C=O) groups excluding carboxylic acids is 1. The zero-order valence-corrected chi connectivity index (χ0v) is 15.2. The van der Waals surface area contributed by atoms with Gasteiger partial charge in [-0.05, 0) is 50.1 Å². The second kappa shape index (κ2) is 6.95. The molecule has 1 atom stereocenters. The van der Waals surface area contributed by atoms with Gasteiger partial charge in [-0.3, -0.25) is 9.59 Å². The van der Waals surface area contributed by atoms with Crippen molar-refractivity contribution in [3.63, 3.8) is 0 Å². The molecule has 7 heteroatoms. The minimum Gasteiger partial charge on any atom is -0.345 e. The van der Waals surface area contributed by atoms with Crippen molar-refractivity contribution in [2.75, 3.05) is 0 Å². The van der Waals surface area contributed by atoms with Crippen LogP contribution in [-0.4, -0.2) is 25.2 Å². The normalized spacial score (nSPS) is 12.0. The third-order valence-electron chi connectivity index (χ3n) is 4.52. The van der Waals surface area contributed by atoms with Crippen LogP contribution in [0.5, 0.6) is 0 Å². The number of hydrogen-bond acceptors (Lipinski definition) is 4. The van der Waals surface area contributed by atoms with Gasteiger partial charge in [0.15, 0.2) is 0 Å². The van der Waals surface area contributed by atoms with Gasteiger partial charge in [-0.2, -0.15) is 5.10 Å². The molecule has 0 aliphatic carbocycles. The van der Waals surface area contributed by atoms with Crippen molar-refractivity contribution in [2.24, 2.45) is 7.05 Å². The van der Waals surface area contributed by atoms with Gasteiger partial charge in [0, 0.05) is 12.7 Å². The van der Waals surface area contributed by atoms with Crippen molar-refractivity contribution in [3.8, 4) is 5.69 Å². The van der Waals surface area contributed by atoms with Crippen LogP contribution in [0.1, 0.15) is 40.1 Å². The topological polar surface area (TPSA) is 81.8 Å². The van der Waals surface area contributed by atoms with Crippen LogP contribution < -0.4 is 10.9 Å². The van der Waals surface area contributed by atoms with Crippen LogP contribution in [0.2, 0.25) is 0 Å². The number of carbonyl (C=O) groups is 1. The van der Waals surface area contributed by atoms with E-state index < -0.39 is 0 Å². The Morgan fingerprint density at radius 3 is 2.50 bits per heavy atom. The van der Waals surface area contributed by atoms with E-state index in [2.05, 4.69) is 15.4 Å². The molecule has 0 spiro atoms. The molecule has 7 nitrogen and oxygen atoms in total. The average molecular weight is 351 g/mol. The Balaban J connectivity index is 1.80. The van der Waals surface area contributed by atoms with E-state index in [9.17, 15) is 9.59 Å². The lowest BCUT2D eigenvalue weighted by Crippen LogP contribution is -2.35. The summed E-state index contributed by atoms with van der Waals surface area (Å²) in [6.07, 6.45) is 3.09. The second-order valence-corrected chi connectivity index (χ2v) is 6.33. The largest absolute Gasteiger partial charge is 0.345 e. The number of rotatable bonds is 4. The molecule has 134 valence electrons. The third kappa shape index (κ3) is 3.28. The summed E-state index contributed by atoms with van der Waals surface area (Å²) < 4.78 is 3.14. The van der Waals surface area contributed by atoms with Crippen molar-refractivity contribution in [1.82, 2.24) is 24.6 Å². The SMILES string of the molecule is Cc1cc(C)n(C)c(=O)c1C(=O)N[C@@H](C)c1ccc(-n2cncn2)cc1. The number of hydrogen-bond donors (Lipinski definition) is 1. The standard InChI is InChI=1S/C19H21N5O2/c1-12-9-13(2)23(4)19(26)17(12)18(25)22-14(3)15-5-7-16(8-6-15)24-11-20-10-21-24/h5-11,14H,1-4H3,(H,22,25)/t14-/m0/s1. The van der Waals surface area contributed by atoms with Gasteiger partial charge in [-0.15, -0.1) is 0 Å². The lowest BCUT2D eigenvalue weighted by Gasteiger charge is -2.16. The summed E-state index contributed by atoms with van der Waals surface area (Å²) in [6.45, 7) is 5.51. The fourth-order valence-electron chi connectivity index (χ4n) is 2.86. The molecule has 26 heavy (non-hydrogen) atoms. The molecule has 0 aliphatic heterocycles. The van der Waals surface area contributed by atoms with Crippen molar-refractivity contribution in [3.05, 3.63) is 75.7 Å². The molecular formula is C19H21N5O2. The fraction of sp³-hybridized carbons (Fsp3) is 0.263. The van der Waals surface area contributed by atoms with Gasteiger partial charge >= 0.3 is 0 Å². The highest BCUT2D eigenvalue weighted by Crippen LogP contribution is 2.16. The van der Waals surface area contributed by atoms with E-state index in [1.807, 2.05) is 44.2 Å². The highest BCUT2D eigenvalue weighted by atomic mass is 16.2. The van der Waals surface area contributed by atoms with Crippen molar-refractivity contribution in [2.45, 2.75) is 26.8 Å². The predicted octanol–water partition coefficient (Wildman–Crippen LogP) is 2.07. The zero-order chi connectivity index (χ0) is 18.8. The van der Waals surface area contributed by atoms with Crippen LogP contribution in [0.15, 0.2) is 47.8 Å². The monoisotopic (exact) mass is 351 g/mol. The van der Waals surface area contributed by atoms with Crippen LogP contribution in [0.4, 0.5) is 0 Å². The maximum atomic E-state index is 12.6. The van der Waals surface area contributed by atoms with Gasteiger partial charge in [0.05, 0.1) is 11.7 Å². The molecule has 0 fully saturated rings. The first-order valence-corrected chi connectivity index (χ1v) is 8.31. The highest BCUT2D eigenvalue weighted by molar-refractivity contribution is 5.95. The van der Waals surface area contributed by atoms with Crippen molar-refractivity contribution >= 4 is 5.91 Å². The molecule has 0 unspecified atom stereocenters. The van der Waals surface area contributed by atoms with Gasteiger partial charge in [0.2, 0.25) is 0 Å². The number of amides is 1. The van der Waals surface area contributed by atoms with Crippen molar-refractivity contribution < 1.29 is 4.79 Å². The smallest absolute Gasteiger partial charge is 0.263 e. The first kappa shape index (κ1) is 17.6. The summed E-state index contributed by atoms with van der Waals surface area (Å²) in [5.41, 5.74) is 3.22. The molecular weight excluding hydrogens is 330 g/mol. The molecule has 2 aromatic heterocycles. The van der Waals surface area contributed by atoms with Gasteiger partial charge in [-0.25, -0.2) is 9.67 Å². The molecule has 1 amide bonds. The van der Waals surface area contributed by atoms with E-state index >= 15 is 0 Å². The first-order chi connectivity index (χ1) is 12.4. The summed E-state index contributed by atoms with van der Waals surface area (Å²) >= 11 is 0. The maximum absolute atomic E-state index is 12.6. The Kier molecular flexibility index (Phi) is 4.71. The van der Waals surface area contributed by atoms with Crippen molar-refractivity contribution in [1.29, 1.82) is 0 Å². The number of nitrogens with zero attached hydrogens (tertiary/aromatic N) is 4. The lowest BCUT2D eigenvalue weighted by molar-refractivity contribution is 0.0937. The molecule has 0 aliphatic rings. The van der Waals surface area contributed by atoms with E-state index in [1.54, 1.807) is 25.0 Å². The Morgan fingerprint density at radius 2 is 1.88 bits per heavy atom. The molecule has 1 aromatic carbocycles. The van der Waals surface area contributed by atoms with E-state index in [1.165, 1.54) is 10.9 Å². The molecule has 1 N–H and O–H groups in total. The first-order valence-electron chi connectivity index (χ1n) is 8.31. The lowest BCUT2D eigenvalue weighted by atomic mass is 10.1. The number of nitrogens with one attached hydrogen (secondary N) is 1. The maximum Gasteiger partial charge on any atom is 0.263 e. The van der Waals surface area contributed by atoms with E-state index in [0.29, 0.717) is 5.56 Å². The molecule has 0 saturated carbocycles. The summed E-state index contributed by atoms with van der Waals surface area (Å²) in [4.78, 5) is 29.0. The molecule has 0 radical (unpaired) electrons. The highest BCUT2D eigenvalue weighted by Gasteiger charge is 2.18. The molecule has 3 rings (SSSR count). The summed E-state index contributed by atoms with van der Waals surface area (Å²) in [5, 5.41) is 6.99. The van der Waals surface area contributed by atoms with Crippen LogP contribution in [-0.2, 0) is 7.05 Å². The number of aromatic nitrogens is 4. The second-order valence-electron chi connectivity index (χ2n) is 6.33. The van der Waals surface area contributed by atoms with Crippen LogP contribution in [0, 0.1) is 13.8 Å². The summed E-state index contributed by atoms with van der Waals surface area (Å²) in [6, 6.07) is 9.25. The van der Waals surface area contributed by atoms with Gasteiger partial charge in [0.25, 0.3) is 11.5 Å². The van der Waals surface area contributed by atoms with Gasteiger partial charge in [-0.1, -0.05) is 12.1 Å². The molecule has 0 saturated heterocycles. The third-order valence-corrected chi connectivity index (χ3v) is 4.52. The predicted molar refractivity (Wildman–Crippen MR) is 98.4 cm³/mol.